The van der Waals surface area contributed by atoms with E-state index in [1.807, 2.05) is 23.5 Å². The minimum absolute atomic E-state index is 0.387. The van der Waals surface area contributed by atoms with Gasteiger partial charge in [0.25, 0.3) is 0 Å². The van der Waals surface area contributed by atoms with Gasteiger partial charge < -0.3 is 10.4 Å². The number of fused-ring (bicyclic) bond motifs is 2. The van der Waals surface area contributed by atoms with Crippen LogP contribution in [0.25, 0.3) is 0 Å². The lowest BCUT2D eigenvalue weighted by Gasteiger charge is -2.26. The number of rotatable bonds is 3. The van der Waals surface area contributed by atoms with Crippen LogP contribution in [0.4, 0.5) is 0 Å². The Balaban J connectivity index is 1.49. The second kappa shape index (κ2) is 5.47. The first-order chi connectivity index (χ1) is 10.3. The van der Waals surface area contributed by atoms with Crippen molar-refractivity contribution in [1.29, 1.82) is 0 Å². The monoisotopic (exact) mass is 299 g/mol. The summed E-state index contributed by atoms with van der Waals surface area (Å²) in [6, 6.07) is 8.62. The van der Waals surface area contributed by atoms with Gasteiger partial charge in [-0.3, -0.25) is 0 Å². The third kappa shape index (κ3) is 2.60. The SMILES string of the molecule is Oc1ccc2c(c1)C(NCc1cc3c(s1)CCC3)CCC2. The third-order valence-electron chi connectivity index (χ3n) is 4.76. The second-order valence-electron chi connectivity index (χ2n) is 6.22. The van der Waals surface area contributed by atoms with Crippen LogP contribution < -0.4 is 5.32 Å². The maximum atomic E-state index is 9.74. The minimum atomic E-state index is 0.387. The molecule has 4 rings (SSSR count). The molecule has 0 bridgehead atoms. The number of aryl methyl sites for hydroxylation is 3. The number of nitrogens with one attached hydrogen (secondary N) is 1. The number of aromatic hydroxyl groups is 1. The molecule has 2 aliphatic carbocycles. The summed E-state index contributed by atoms with van der Waals surface area (Å²) < 4.78 is 0. The van der Waals surface area contributed by atoms with E-state index in [0.29, 0.717) is 11.8 Å². The van der Waals surface area contributed by atoms with Crippen molar-refractivity contribution in [3.8, 4) is 5.75 Å². The number of phenolic OH excluding ortho intramolecular Hbond substituents is 1. The lowest BCUT2D eigenvalue weighted by molar-refractivity contribution is 0.447. The first-order valence-electron chi connectivity index (χ1n) is 7.95. The summed E-state index contributed by atoms with van der Waals surface area (Å²) in [6.45, 7) is 0.956. The Morgan fingerprint density at radius 2 is 2.00 bits per heavy atom. The highest BCUT2D eigenvalue weighted by molar-refractivity contribution is 7.12. The summed E-state index contributed by atoms with van der Waals surface area (Å²) in [5, 5.41) is 13.5. The van der Waals surface area contributed by atoms with Crippen LogP contribution in [0.3, 0.4) is 0 Å². The molecule has 3 heteroatoms. The Bertz CT molecular complexity index is 640. The van der Waals surface area contributed by atoms with Gasteiger partial charge in [-0.05, 0) is 73.4 Å². The summed E-state index contributed by atoms with van der Waals surface area (Å²) >= 11 is 1.98. The van der Waals surface area contributed by atoms with Gasteiger partial charge in [0.1, 0.15) is 5.75 Å². The molecule has 0 amide bonds. The van der Waals surface area contributed by atoms with E-state index < -0.39 is 0 Å². The van der Waals surface area contributed by atoms with Gasteiger partial charge in [-0.2, -0.15) is 0 Å². The molecule has 1 aromatic heterocycles. The number of thiophene rings is 1. The van der Waals surface area contributed by atoms with E-state index in [4.69, 9.17) is 0 Å². The Morgan fingerprint density at radius 3 is 2.90 bits per heavy atom. The van der Waals surface area contributed by atoms with Crippen molar-refractivity contribution in [2.24, 2.45) is 0 Å². The summed E-state index contributed by atoms with van der Waals surface area (Å²) in [7, 11) is 0. The fourth-order valence-corrected chi connectivity index (χ4v) is 4.91. The molecule has 0 fully saturated rings. The Morgan fingerprint density at radius 1 is 1.10 bits per heavy atom. The van der Waals surface area contributed by atoms with Crippen LogP contribution in [0.1, 0.15) is 51.7 Å². The predicted octanol–water partition coefficient (Wildman–Crippen LogP) is 4.11. The quantitative estimate of drug-likeness (QED) is 0.894. The molecule has 2 N–H and O–H groups in total. The fourth-order valence-electron chi connectivity index (χ4n) is 3.70. The van der Waals surface area contributed by atoms with E-state index in [1.54, 1.807) is 10.4 Å². The topological polar surface area (TPSA) is 32.3 Å². The molecule has 0 saturated heterocycles. The van der Waals surface area contributed by atoms with Crippen LogP contribution >= 0.6 is 11.3 Å². The van der Waals surface area contributed by atoms with E-state index in [1.165, 1.54) is 48.1 Å². The van der Waals surface area contributed by atoms with Crippen molar-refractivity contribution in [2.75, 3.05) is 0 Å². The molecule has 21 heavy (non-hydrogen) atoms. The van der Waals surface area contributed by atoms with Crippen molar-refractivity contribution in [1.82, 2.24) is 5.32 Å². The molecular weight excluding hydrogens is 278 g/mol. The Kier molecular flexibility index (Phi) is 3.48. The zero-order valence-electron chi connectivity index (χ0n) is 12.2. The molecule has 0 spiro atoms. The van der Waals surface area contributed by atoms with Gasteiger partial charge in [-0.25, -0.2) is 0 Å². The van der Waals surface area contributed by atoms with Crippen molar-refractivity contribution in [3.63, 3.8) is 0 Å². The first kappa shape index (κ1) is 13.4. The van der Waals surface area contributed by atoms with Gasteiger partial charge in [0.2, 0.25) is 0 Å². The molecule has 1 aromatic carbocycles. The molecule has 0 aliphatic heterocycles. The molecule has 0 radical (unpaired) electrons. The molecule has 0 saturated carbocycles. The van der Waals surface area contributed by atoms with Crippen LogP contribution in [-0.4, -0.2) is 5.11 Å². The largest absolute Gasteiger partial charge is 0.508 e. The highest BCUT2D eigenvalue weighted by atomic mass is 32.1. The second-order valence-corrected chi connectivity index (χ2v) is 7.44. The maximum absolute atomic E-state index is 9.74. The number of hydrogen-bond acceptors (Lipinski definition) is 3. The van der Waals surface area contributed by atoms with Crippen LogP contribution in [0, 0.1) is 0 Å². The average molecular weight is 299 g/mol. The lowest BCUT2D eigenvalue weighted by Crippen LogP contribution is -2.24. The van der Waals surface area contributed by atoms with Gasteiger partial charge in [0, 0.05) is 22.3 Å². The van der Waals surface area contributed by atoms with Gasteiger partial charge in [-0.1, -0.05) is 6.07 Å². The van der Waals surface area contributed by atoms with Crippen LogP contribution in [0.15, 0.2) is 24.3 Å². The molecular formula is C18H21NOS. The predicted molar refractivity (Wildman–Crippen MR) is 87.0 cm³/mol. The van der Waals surface area contributed by atoms with Crippen LogP contribution in [-0.2, 0) is 25.8 Å². The molecule has 1 atom stereocenters. The normalized spacial score (nSPS) is 20.3. The molecule has 110 valence electrons. The number of benzene rings is 1. The van der Waals surface area contributed by atoms with Crippen LogP contribution in [0.2, 0.25) is 0 Å². The summed E-state index contributed by atoms with van der Waals surface area (Å²) in [5.41, 5.74) is 4.27. The van der Waals surface area contributed by atoms with Crippen molar-refractivity contribution in [2.45, 2.75) is 51.1 Å². The summed E-state index contributed by atoms with van der Waals surface area (Å²) in [4.78, 5) is 3.07. The smallest absolute Gasteiger partial charge is 0.115 e. The van der Waals surface area contributed by atoms with E-state index in [2.05, 4.69) is 17.4 Å². The highest BCUT2D eigenvalue weighted by Gasteiger charge is 2.21. The molecule has 2 aliphatic rings. The van der Waals surface area contributed by atoms with E-state index in [9.17, 15) is 5.11 Å². The first-order valence-corrected chi connectivity index (χ1v) is 8.77. The van der Waals surface area contributed by atoms with Gasteiger partial charge >= 0.3 is 0 Å². The fraction of sp³-hybridized carbons (Fsp3) is 0.444. The van der Waals surface area contributed by atoms with Crippen LogP contribution in [0.5, 0.6) is 5.75 Å². The van der Waals surface area contributed by atoms with E-state index in [0.717, 1.165) is 13.0 Å². The Hall–Kier alpha value is -1.32. The summed E-state index contributed by atoms with van der Waals surface area (Å²) in [6.07, 6.45) is 7.43. The minimum Gasteiger partial charge on any atom is -0.508 e. The lowest BCUT2D eigenvalue weighted by atomic mass is 9.87. The van der Waals surface area contributed by atoms with Crippen molar-refractivity contribution < 1.29 is 5.11 Å². The zero-order chi connectivity index (χ0) is 14.2. The van der Waals surface area contributed by atoms with Crippen molar-refractivity contribution >= 4 is 11.3 Å². The van der Waals surface area contributed by atoms with Crippen molar-refractivity contribution in [3.05, 3.63) is 50.7 Å². The number of phenols is 1. The van der Waals surface area contributed by atoms with Gasteiger partial charge in [0.05, 0.1) is 0 Å². The van der Waals surface area contributed by atoms with E-state index in [-0.39, 0.29) is 0 Å². The average Bonchev–Trinajstić information content (AvgIpc) is 3.06. The van der Waals surface area contributed by atoms with E-state index >= 15 is 0 Å². The third-order valence-corrected chi connectivity index (χ3v) is 6.00. The summed E-state index contributed by atoms with van der Waals surface area (Å²) in [5.74, 6) is 0.387. The standard InChI is InChI=1S/C18H21NOS/c20-14-8-7-12-3-1-5-17(16(12)10-14)19-11-15-9-13-4-2-6-18(13)21-15/h7-10,17,19-20H,1-6,11H2. The molecule has 2 aromatic rings. The van der Waals surface area contributed by atoms with Gasteiger partial charge in [0.15, 0.2) is 0 Å². The molecule has 1 unspecified atom stereocenters. The van der Waals surface area contributed by atoms with Gasteiger partial charge in [-0.15, -0.1) is 11.3 Å². The molecule has 2 nitrogen and oxygen atoms in total. The zero-order valence-corrected chi connectivity index (χ0v) is 13.0. The maximum Gasteiger partial charge on any atom is 0.115 e. The highest BCUT2D eigenvalue weighted by Crippen LogP contribution is 2.34. The molecule has 1 heterocycles. The number of hydrogen-bond donors (Lipinski definition) is 2. The Labute approximate surface area is 129 Å².